The molecule has 0 aromatic rings. The molecule has 0 unspecified atom stereocenters. The second-order valence-electron chi connectivity index (χ2n) is 4.42. The summed E-state index contributed by atoms with van der Waals surface area (Å²) in [4.78, 5) is 13.2. The van der Waals surface area contributed by atoms with Crippen LogP contribution in [-0.4, -0.2) is 12.1 Å². The van der Waals surface area contributed by atoms with Gasteiger partial charge in [0.25, 0.3) is 0 Å². The van der Waals surface area contributed by atoms with Gasteiger partial charge in [0.1, 0.15) is 0 Å². The van der Waals surface area contributed by atoms with E-state index in [2.05, 4.69) is 19.9 Å². The molecule has 0 aliphatic rings. The van der Waals surface area contributed by atoms with Crippen LogP contribution in [0.1, 0.15) is 53.9 Å². The van der Waals surface area contributed by atoms with Gasteiger partial charge in [0.05, 0.1) is 11.7 Å². The molecule has 108 valence electrons. The van der Waals surface area contributed by atoms with E-state index in [-0.39, 0.29) is 12.1 Å². The van der Waals surface area contributed by atoms with Crippen molar-refractivity contribution in [1.29, 1.82) is 0 Å². The van der Waals surface area contributed by atoms with Crippen LogP contribution in [0.2, 0.25) is 0 Å². The minimum absolute atomic E-state index is 0.0906. The maximum Gasteiger partial charge on any atom is 0.339 e. The summed E-state index contributed by atoms with van der Waals surface area (Å²) in [5.74, 6) is -0.222. The molecule has 0 saturated carbocycles. The lowest BCUT2D eigenvalue weighted by Gasteiger charge is -2.13. The van der Waals surface area contributed by atoms with Gasteiger partial charge in [0, 0.05) is 4.91 Å². The molecule has 0 amide bonds. The van der Waals surface area contributed by atoms with E-state index in [1.54, 1.807) is 11.8 Å². The molecule has 0 atom stereocenters. The van der Waals surface area contributed by atoms with Crippen LogP contribution in [0.15, 0.2) is 34.1 Å². The first-order valence-corrected chi connectivity index (χ1v) is 7.84. The molecule has 0 spiro atoms. The molecule has 0 aromatic carbocycles. The molecule has 0 fully saturated rings. The van der Waals surface area contributed by atoms with Gasteiger partial charge in [-0.05, 0) is 39.0 Å². The van der Waals surface area contributed by atoms with Crippen LogP contribution in [0.5, 0.6) is 0 Å². The Kier molecular flexibility index (Phi) is 10.4. The van der Waals surface area contributed by atoms with Crippen LogP contribution in [0.4, 0.5) is 0 Å². The van der Waals surface area contributed by atoms with Crippen molar-refractivity contribution >= 4 is 17.7 Å². The van der Waals surface area contributed by atoms with E-state index in [4.69, 9.17) is 4.74 Å². The minimum atomic E-state index is -0.222. The largest absolute Gasteiger partial charge is 0.459 e. The molecular weight excluding hydrogens is 256 g/mol. The van der Waals surface area contributed by atoms with Gasteiger partial charge in [-0.3, -0.25) is 0 Å². The summed E-state index contributed by atoms with van der Waals surface area (Å²) in [6.45, 7) is 9.89. The van der Waals surface area contributed by atoms with E-state index >= 15 is 0 Å². The highest BCUT2D eigenvalue weighted by Crippen LogP contribution is 2.27. The Morgan fingerprint density at radius 2 is 1.95 bits per heavy atom. The van der Waals surface area contributed by atoms with E-state index in [1.807, 2.05) is 38.3 Å². The van der Waals surface area contributed by atoms with Gasteiger partial charge in [-0.1, -0.05) is 50.3 Å². The number of hydrogen-bond acceptors (Lipinski definition) is 3. The van der Waals surface area contributed by atoms with Crippen molar-refractivity contribution in [2.75, 3.05) is 0 Å². The molecule has 2 nitrogen and oxygen atoms in total. The third kappa shape index (κ3) is 7.93. The van der Waals surface area contributed by atoms with Gasteiger partial charge in [-0.25, -0.2) is 4.79 Å². The number of rotatable bonds is 8. The average molecular weight is 282 g/mol. The lowest BCUT2D eigenvalue weighted by Crippen LogP contribution is -2.14. The Morgan fingerprint density at radius 3 is 2.42 bits per heavy atom. The summed E-state index contributed by atoms with van der Waals surface area (Å²) in [6.07, 6.45) is 8.76. The number of carbonyl (C=O) groups excluding carboxylic acids is 1. The van der Waals surface area contributed by atoms with Gasteiger partial charge >= 0.3 is 5.97 Å². The summed E-state index contributed by atoms with van der Waals surface area (Å²) in [5.41, 5.74) is 0.695. The number of carbonyl (C=O) groups is 1. The molecule has 0 radical (unpaired) electrons. The van der Waals surface area contributed by atoms with Crippen molar-refractivity contribution in [1.82, 2.24) is 0 Å². The number of allylic oxidation sites excluding steroid dienone is 3. The van der Waals surface area contributed by atoms with Gasteiger partial charge in [0.15, 0.2) is 0 Å². The smallest absolute Gasteiger partial charge is 0.339 e. The SMILES string of the molecule is C/C=C\SC(=C/CC)/C(=C\CCC)C(=O)OC(C)C. The zero-order valence-corrected chi connectivity index (χ0v) is 13.5. The number of thioether (sulfide) groups is 1. The van der Waals surface area contributed by atoms with E-state index in [1.165, 1.54) is 0 Å². The number of ether oxygens (including phenoxy) is 1. The molecule has 0 rings (SSSR count). The van der Waals surface area contributed by atoms with Gasteiger partial charge in [-0.15, -0.1) is 0 Å². The molecule has 0 bridgehead atoms. The van der Waals surface area contributed by atoms with Crippen molar-refractivity contribution in [3.63, 3.8) is 0 Å². The summed E-state index contributed by atoms with van der Waals surface area (Å²) >= 11 is 1.57. The number of unbranched alkanes of at least 4 members (excludes halogenated alkanes) is 1. The average Bonchev–Trinajstić information content (AvgIpc) is 2.35. The standard InChI is InChI=1S/C16H26O2S/c1-6-9-11-14(16(17)18-13(4)5)15(10-7-2)19-12-8-3/h8,10-13H,6-7,9H2,1-5H3/b12-8-,14-11+,15-10+. The van der Waals surface area contributed by atoms with Gasteiger partial charge in [0.2, 0.25) is 0 Å². The molecule has 0 aliphatic heterocycles. The second-order valence-corrected chi connectivity index (χ2v) is 5.37. The van der Waals surface area contributed by atoms with Crippen LogP contribution in [0.25, 0.3) is 0 Å². The minimum Gasteiger partial charge on any atom is -0.459 e. The van der Waals surface area contributed by atoms with Crippen molar-refractivity contribution in [3.8, 4) is 0 Å². The molecule has 0 N–H and O–H groups in total. The summed E-state index contributed by atoms with van der Waals surface area (Å²) in [6, 6.07) is 0. The Bertz CT molecular complexity index is 352. The number of hydrogen-bond donors (Lipinski definition) is 0. The van der Waals surface area contributed by atoms with Crippen LogP contribution in [0.3, 0.4) is 0 Å². The lowest BCUT2D eigenvalue weighted by atomic mass is 10.1. The predicted octanol–water partition coefficient (Wildman–Crippen LogP) is 5.23. The van der Waals surface area contributed by atoms with E-state index in [0.29, 0.717) is 5.57 Å². The Labute approximate surface area is 122 Å². The molecule has 19 heavy (non-hydrogen) atoms. The highest BCUT2D eigenvalue weighted by molar-refractivity contribution is 8.06. The van der Waals surface area contributed by atoms with Crippen LogP contribution in [0, 0.1) is 0 Å². The topological polar surface area (TPSA) is 26.3 Å². The fourth-order valence-corrected chi connectivity index (χ4v) is 2.24. The summed E-state index contributed by atoms with van der Waals surface area (Å²) < 4.78 is 5.33. The van der Waals surface area contributed by atoms with E-state index in [9.17, 15) is 4.79 Å². The fourth-order valence-electron chi connectivity index (χ4n) is 1.40. The van der Waals surface area contributed by atoms with Gasteiger partial charge in [-0.2, -0.15) is 0 Å². The molecule has 0 aliphatic carbocycles. The summed E-state index contributed by atoms with van der Waals surface area (Å²) in [7, 11) is 0. The van der Waals surface area contributed by atoms with Crippen molar-refractivity contribution < 1.29 is 9.53 Å². The Balaban J connectivity index is 5.18. The molecule has 0 aromatic heterocycles. The first-order valence-electron chi connectivity index (χ1n) is 6.96. The maximum atomic E-state index is 12.2. The summed E-state index contributed by atoms with van der Waals surface area (Å²) in [5, 5.41) is 1.99. The molecular formula is C16H26O2S. The first-order chi connectivity index (χ1) is 9.06. The molecule has 0 heterocycles. The molecule has 3 heteroatoms. The highest BCUT2D eigenvalue weighted by atomic mass is 32.2. The molecule has 0 saturated heterocycles. The maximum absolute atomic E-state index is 12.2. The number of esters is 1. The third-order valence-electron chi connectivity index (χ3n) is 2.19. The van der Waals surface area contributed by atoms with Gasteiger partial charge < -0.3 is 4.74 Å². The van der Waals surface area contributed by atoms with Crippen molar-refractivity contribution in [3.05, 3.63) is 34.1 Å². The zero-order valence-electron chi connectivity index (χ0n) is 12.7. The highest BCUT2D eigenvalue weighted by Gasteiger charge is 2.16. The van der Waals surface area contributed by atoms with Crippen molar-refractivity contribution in [2.45, 2.75) is 60.0 Å². The fraction of sp³-hybridized carbons (Fsp3) is 0.562. The second kappa shape index (κ2) is 10.9. The van der Waals surface area contributed by atoms with E-state index < -0.39 is 0 Å². The monoisotopic (exact) mass is 282 g/mol. The Hall–Kier alpha value is -0.960. The zero-order chi connectivity index (χ0) is 14.7. The first kappa shape index (κ1) is 18.0. The van der Waals surface area contributed by atoms with Crippen LogP contribution < -0.4 is 0 Å². The van der Waals surface area contributed by atoms with Crippen molar-refractivity contribution in [2.24, 2.45) is 0 Å². The quantitative estimate of drug-likeness (QED) is 0.346. The normalized spacial score (nSPS) is 13.4. The van der Waals surface area contributed by atoms with E-state index in [0.717, 1.165) is 24.2 Å². The van der Waals surface area contributed by atoms with Crippen LogP contribution in [-0.2, 0) is 9.53 Å². The third-order valence-corrected chi connectivity index (χ3v) is 3.23. The Morgan fingerprint density at radius 1 is 1.26 bits per heavy atom. The van der Waals surface area contributed by atoms with Crippen LogP contribution >= 0.6 is 11.8 Å². The lowest BCUT2D eigenvalue weighted by molar-refractivity contribution is -0.142. The predicted molar refractivity (Wildman–Crippen MR) is 85.0 cm³/mol.